The molecule has 0 unspecified atom stereocenters. The molecule has 0 heterocycles. The quantitative estimate of drug-likeness (QED) is 0.0589. The normalized spacial score (nSPS) is 11.9. The highest BCUT2D eigenvalue weighted by Gasteiger charge is 2.26. The molecule has 0 bridgehead atoms. The summed E-state index contributed by atoms with van der Waals surface area (Å²) in [5, 5.41) is 46.4. The topological polar surface area (TPSA) is 144 Å². The molecule has 102 heavy (non-hydrogen) atoms. The van der Waals surface area contributed by atoms with E-state index < -0.39 is 0 Å². The molecule has 0 radical (unpaired) electrons. The van der Waals surface area contributed by atoms with E-state index in [1.807, 2.05) is 164 Å². The lowest BCUT2D eigenvalue weighted by Gasteiger charge is -2.19. The predicted octanol–water partition coefficient (Wildman–Crippen LogP) is 20.2. The van der Waals surface area contributed by atoms with E-state index in [2.05, 4.69) is 72.8 Å². The smallest absolute Gasteiger partial charge is 0.161 e. The van der Waals surface area contributed by atoms with Crippen LogP contribution in [0.2, 0.25) is 0 Å². The third kappa shape index (κ3) is 12.3. The number of methoxy groups -OCH3 is 3. The van der Waals surface area contributed by atoms with Crippen LogP contribution >= 0.6 is 0 Å². The van der Waals surface area contributed by atoms with Gasteiger partial charge in [-0.2, -0.15) is 0 Å². The Labute approximate surface area is 590 Å². The van der Waals surface area contributed by atoms with Gasteiger partial charge < -0.3 is 58.0 Å². The number of benzene rings is 15. The lowest BCUT2D eigenvalue weighted by atomic mass is 9.92. The van der Waals surface area contributed by atoms with E-state index in [4.69, 9.17) is 42.6 Å². The fourth-order valence-corrected chi connectivity index (χ4v) is 14.7. The van der Waals surface area contributed by atoms with E-state index in [9.17, 15) is 15.3 Å². The lowest BCUT2D eigenvalue weighted by Crippen LogP contribution is -2.11. The standard InChI is InChI=1S/C90H72O12/c1-94-79-49-61-46-65-53-83(101-44-41-98-77-38-32-59-20-8-14-26-71(59)89(77)86-68-23-11-5-17-56(68)29-35-74(86)92)81(96-3)51-63(65)48-66-54-84(102-45-42-99-78-39-33-60-21-9-15-27-72(60)90(78)87-69-24-12-6-18-57(69)30-36-75(87)93)80(95-2)50-62(66)47-64(61)52-82(79)100-43-40-97-76-37-31-58-19-7-13-25-70(58)88(76)85-67-22-10-4-16-55(67)28-34-73(85)91/h4-39,49-54,91-93H,40-48H2,1-3H3. The largest absolute Gasteiger partial charge is 0.507 e. The zero-order valence-electron chi connectivity index (χ0n) is 56.6. The molecule has 1 aliphatic carbocycles. The van der Waals surface area contributed by atoms with Crippen molar-refractivity contribution in [2.45, 2.75) is 19.3 Å². The Hall–Kier alpha value is -12.5. The van der Waals surface area contributed by atoms with Crippen molar-refractivity contribution < 1.29 is 58.0 Å². The van der Waals surface area contributed by atoms with E-state index in [1.54, 1.807) is 39.5 Å². The van der Waals surface area contributed by atoms with Crippen LogP contribution in [0.25, 0.3) is 98.0 Å². The molecule has 0 fully saturated rings. The third-order valence-corrected chi connectivity index (χ3v) is 19.5. The van der Waals surface area contributed by atoms with Crippen LogP contribution in [0, 0.1) is 0 Å². The Kier molecular flexibility index (Phi) is 17.6. The zero-order valence-corrected chi connectivity index (χ0v) is 56.6. The van der Waals surface area contributed by atoms with Gasteiger partial charge in [0.2, 0.25) is 0 Å². The van der Waals surface area contributed by atoms with E-state index in [0.29, 0.717) is 87.7 Å². The molecule has 1 aliphatic rings. The molecule has 3 N–H and O–H groups in total. The Morgan fingerprint density at radius 1 is 0.216 bits per heavy atom. The number of hydrogen-bond donors (Lipinski definition) is 3. The van der Waals surface area contributed by atoms with Gasteiger partial charge in [0.15, 0.2) is 34.5 Å². The average Bonchev–Trinajstić information content (AvgIpc) is 0.856. The summed E-state index contributed by atoms with van der Waals surface area (Å²) in [6, 6.07) is 84.0. The van der Waals surface area contributed by atoms with Crippen LogP contribution in [0.5, 0.6) is 69.0 Å². The Bertz CT molecular complexity index is 5170. The van der Waals surface area contributed by atoms with Crippen molar-refractivity contribution in [2.24, 2.45) is 0 Å². The monoisotopic (exact) mass is 1340 g/mol. The van der Waals surface area contributed by atoms with Crippen LogP contribution in [-0.4, -0.2) is 76.3 Å². The molecule has 0 saturated heterocycles. The van der Waals surface area contributed by atoms with Crippen molar-refractivity contribution in [1.82, 2.24) is 0 Å². The van der Waals surface area contributed by atoms with Crippen molar-refractivity contribution in [3.63, 3.8) is 0 Å². The maximum atomic E-state index is 11.6. The minimum Gasteiger partial charge on any atom is -0.507 e. The molecule has 15 aromatic carbocycles. The zero-order chi connectivity index (χ0) is 69.2. The summed E-state index contributed by atoms with van der Waals surface area (Å²) in [4.78, 5) is 0. The number of rotatable bonds is 21. The highest BCUT2D eigenvalue weighted by molar-refractivity contribution is 6.12. The number of aromatic hydroxyl groups is 3. The molecule has 0 spiro atoms. The number of fused-ring (bicyclic) bond motifs is 9. The number of phenols is 3. The summed E-state index contributed by atoms with van der Waals surface area (Å²) in [6.45, 7) is 1.07. The molecular weight excluding hydrogens is 1270 g/mol. The van der Waals surface area contributed by atoms with Gasteiger partial charge in [0.1, 0.15) is 74.1 Å². The van der Waals surface area contributed by atoms with Gasteiger partial charge >= 0.3 is 0 Å². The molecule has 16 rings (SSSR count). The summed E-state index contributed by atoms with van der Waals surface area (Å²) in [7, 11) is 4.96. The summed E-state index contributed by atoms with van der Waals surface area (Å²) in [5.74, 6) is 5.66. The van der Waals surface area contributed by atoms with E-state index in [0.717, 1.165) is 115 Å². The summed E-state index contributed by atoms with van der Waals surface area (Å²) in [5.41, 5.74) is 10.6. The van der Waals surface area contributed by atoms with Crippen molar-refractivity contribution in [3.05, 3.63) is 288 Å². The molecule has 15 aromatic rings. The van der Waals surface area contributed by atoms with E-state index >= 15 is 0 Å². The maximum Gasteiger partial charge on any atom is 0.161 e. The Morgan fingerprint density at radius 3 is 0.647 bits per heavy atom. The van der Waals surface area contributed by atoms with Crippen molar-refractivity contribution in [2.75, 3.05) is 61.0 Å². The first kappa shape index (κ1) is 64.2. The van der Waals surface area contributed by atoms with Crippen molar-refractivity contribution in [3.8, 4) is 102 Å². The van der Waals surface area contributed by atoms with Gasteiger partial charge in [0, 0.05) is 33.4 Å². The maximum absolute atomic E-state index is 11.6. The highest BCUT2D eigenvalue weighted by Crippen LogP contribution is 2.50. The van der Waals surface area contributed by atoms with Crippen LogP contribution in [0.4, 0.5) is 0 Å². The third-order valence-electron chi connectivity index (χ3n) is 19.5. The Morgan fingerprint density at radius 2 is 0.412 bits per heavy atom. The van der Waals surface area contributed by atoms with Crippen LogP contribution in [0.15, 0.2) is 255 Å². The number of ether oxygens (including phenoxy) is 9. The minimum atomic E-state index is 0.163. The molecule has 0 atom stereocenters. The first-order valence-electron chi connectivity index (χ1n) is 34.2. The molecule has 0 aliphatic heterocycles. The second kappa shape index (κ2) is 28.0. The van der Waals surface area contributed by atoms with Crippen LogP contribution in [-0.2, 0) is 19.3 Å². The lowest BCUT2D eigenvalue weighted by molar-refractivity contribution is 0.211. The molecular formula is C90H72O12. The first-order valence-corrected chi connectivity index (χ1v) is 34.2. The second-order valence-corrected chi connectivity index (χ2v) is 25.5. The summed E-state index contributed by atoms with van der Waals surface area (Å²) < 4.78 is 58.8. The van der Waals surface area contributed by atoms with Crippen LogP contribution in [0.3, 0.4) is 0 Å². The summed E-state index contributed by atoms with van der Waals surface area (Å²) in [6.07, 6.45) is 1.50. The van der Waals surface area contributed by atoms with Crippen molar-refractivity contribution >= 4 is 64.6 Å². The van der Waals surface area contributed by atoms with Gasteiger partial charge in [-0.05, 0) is 190 Å². The van der Waals surface area contributed by atoms with E-state index in [-0.39, 0.29) is 56.9 Å². The molecule has 12 heteroatoms. The summed E-state index contributed by atoms with van der Waals surface area (Å²) >= 11 is 0. The average molecular weight is 1350 g/mol. The highest BCUT2D eigenvalue weighted by atomic mass is 16.6. The molecule has 504 valence electrons. The van der Waals surface area contributed by atoms with Gasteiger partial charge in [-0.1, -0.05) is 182 Å². The number of hydrogen-bond acceptors (Lipinski definition) is 12. The van der Waals surface area contributed by atoms with Gasteiger partial charge in [0.05, 0.1) is 21.3 Å². The fraction of sp³-hybridized carbons (Fsp3) is 0.133. The van der Waals surface area contributed by atoms with Gasteiger partial charge in [-0.25, -0.2) is 0 Å². The molecule has 0 amide bonds. The first-order chi connectivity index (χ1) is 50.2. The predicted molar refractivity (Wildman–Crippen MR) is 406 cm³/mol. The van der Waals surface area contributed by atoms with E-state index in [1.165, 1.54) is 0 Å². The Balaban J connectivity index is 0.714. The van der Waals surface area contributed by atoms with Crippen LogP contribution in [0.1, 0.15) is 33.4 Å². The minimum absolute atomic E-state index is 0.163. The van der Waals surface area contributed by atoms with Gasteiger partial charge in [0.25, 0.3) is 0 Å². The van der Waals surface area contributed by atoms with Gasteiger partial charge in [-0.3, -0.25) is 0 Å². The van der Waals surface area contributed by atoms with Crippen molar-refractivity contribution in [1.29, 1.82) is 0 Å². The SMILES string of the molecule is COc1cc2c(cc1OCCOc1ccc3ccccc3c1-c1c(O)ccc3ccccc13)Cc1cc(OC)c(OCCOc3ccc4ccccc4c3-c3c(O)ccc4ccccc34)cc1Cc1cc(OC)c(OCCOc3ccc4ccccc4c3-c3c(O)ccc4ccccc34)cc1C2. The fourth-order valence-electron chi connectivity index (χ4n) is 14.7. The second-order valence-electron chi connectivity index (χ2n) is 25.5. The molecule has 12 nitrogen and oxygen atoms in total. The number of phenolic OH excluding ortho intramolecular Hbond substituents is 3. The molecule has 0 saturated carbocycles. The van der Waals surface area contributed by atoms with Gasteiger partial charge in [-0.15, -0.1) is 0 Å². The van der Waals surface area contributed by atoms with Crippen LogP contribution < -0.4 is 42.6 Å². The molecule has 0 aromatic heterocycles.